The Morgan fingerprint density at radius 1 is 1.86 bits per heavy atom. The molecule has 1 rings (SSSR count). The molecule has 0 aliphatic rings. The van der Waals surface area contributed by atoms with Crippen LogP contribution >= 0.6 is 11.5 Å². The summed E-state index contributed by atoms with van der Waals surface area (Å²) in [7, 11) is 1.10. The molecule has 0 saturated heterocycles. The largest absolute Gasteiger partial charge is 0.203 e. The van der Waals surface area contributed by atoms with Crippen molar-refractivity contribution >= 4 is 27.1 Å². The summed E-state index contributed by atoms with van der Waals surface area (Å²) in [5, 5.41) is 3.38. The van der Waals surface area contributed by atoms with Crippen LogP contribution in [-0.4, -0.2) is 14.6 Å². The molecule has 0 aliphatic carbocycles. The van der Waals surface area contributed by atoms with Crippen LogP contribution in [0.1, 0.15) is 5.56 Å². The van der Waals surface area contributed by atoms with Crippen molar-refractivity contribution in [1.29, 1.82) is 0 Å². The lowest BCUT2D eigenvalue weighted by atomic mass is 10.4. The van der Waals surface area contributed by atoms with E-state index in [4.69, 9.17) is 0 Å². The van der Waals surface area contributed by atoms with Gasteiger partial charge in [0.15, 0.2) is 0 Å². The predicted octanol–water partition coefficient (Wildman–Crippen LogP) is -0.558. The minimum absolute atomic E-state index is 1.10. The summed E-state index contributed by atoms with van der Waals surface area (Å²) in [6.45, 7) is 2.10. The highest BCUT2D eigenvalue weighted by Crippen LogP contribution is 1.92. The maximum atomic E-state index is 4.12. The molecule has 7 heavy (non-hydrogen) atoms. The Balaban J connectivity index is 3.12. The van der Waals surface area contributed by atoms with Gasteiger partial charge in [0.05, 0.1) is 10.2 Å². The number of hydrogen-bond acceptors (Lipinski definition) is 2. The van der Waals surface area contributed by atoms with Gasteiger partial charge in [-0.25, -0.2) is 4.37 Å². The standard InChI is InChI=1S/C4H7NSSi/c1-3-2-6-5-4(3)7/h2H,1,7H3. The summed E-state index contributed by atoms with van der Waals surface area (Å²) in [6.07, 6.45) is 0. The first-order valence-electron chi connectivity index (χ1n) is 2.18. The predicted molar refractivity (Wildman–Crippen MR) is 36.4 cm³/mol. The van der Waals surface area contributed by atoms with Crippen LogP contribution in [0.3, 0.4) is 0 Å². The summed E-state index contributed by atoms with van der Waals surface area (Å²) in [4.78, 5) is 0. The van der Waals surface area contributed by atoms with E-state index in [-0.39, 0.29) is 0 Å². The molecular formula is C4H7NSSi. The molecule has 0 aromatic carbocycles. The summed E-state index contributed by atoms with van der Waals surface area (Å²) >= 11 is 1.55. The zero-order valence-electron chi connectivity index (χ0n) is 4.43. The van der Waals surface area contributed by atoms with Gasteiger partial charge in [-0.2, -0.15) is 0 Å². The van der Waals surface area contributed by atoms with E-state index in [1.807, 2.05) is 0 Å². The van der Waals surface area contributed by atoms with Gasteiger partial charge in [0, 0.05) is 10.7 Å². The third kappa shape index (κ3) is 0.892. The van der Waals surface area contributed by atoms with Crippen LogP contribution in [0.5, 0.6) is 0 Å². The molecule has 1 nitrogen and oxygen atoms in total. The normalized spacial score (nSPS) is 9.86. The lowest BCUT2D eigenvalue weighted by Crippen LogP contribution is -2.04. The molecule has 0 fully saturated rings. The Labute approximate surface area is 50.0 Å². The zero-order chi connectivity index (χ0) is 5.28. The molecule has 0 bridgehead atoms. The zero-order valence-corrected chi connectivity index (χ0v) is 7.25. The molecule has 0 N–H and O–H groups in total. The molecule has 38 valence electrons. The highest BCUT2D eigenvalue weighted by atomic mass is 32.1. The Hall–Kier alpha value is -0.153. The molecule has 0 aliphatic heterocycles. The summed E-state index contributed by atoms with van der Waals surface area (Å²) in [5.74, 6) is 0. The molecule has 1 heterocycles. The molecule has 3 heteroatoms. The Bertz CT molecular complexity index is 144. The molecule has 0 saturated carbocycles. The molecule has 0 spiro atoms. The SMILES string of the molecule is Cc1csnc1[SiH3]. The quantitative estimate of drug-likeness (QED) is 0.428. The van der Waals surface area contributed by atoms with Gasteiger partial charge in [-0.3, -0.25) is 0 Å². The molecule has 1 aromatic rings. The number of aromatic nitrogens is 1. The van der Waals surface area contributed by atoms with E-state index < -0.39 is 0 Å². The smallest absolute Gasteiger partial charge is 0.0641 e. The highest BCUT2D eigenvalue weighted by molar-refractivity contribution is 7.04. The van der Waals surface area contributed by atoms with Crippen molar-refractivity contribution in [3.63, 3.8) is 0 Å². The fraction of sp³-hybridized carbons (Fsp3) is 0.250. The Morgan fingerprint density at radius 3 is 2.71 bits per heavy atom. The van der Waals surface area contributed by atoms with Gasteiger partial charge in [0.25, 0.3) is 0 Å². The van der Waals surface area contributed by atoms with E-state index in [9.17, 15) is 0 Å². The molecule has 0 unspecified atom stereocenters. The second-order valence-corrected chi connectivity index (χ2v) is 3.16. The average Bonchev–Trinajstić information content (AvgIpc) is 1.91. The maximum Gasteiger partial charge on any atom is 0.0641 e. The van der Waals surface area contributed by atoms with Crippen molar-refractivity contribution < 1.29 is 0 Å². The molecule has 0 atom stereocenters. The van der Waals surface area contributed by atoms with Crippen LogP contribution < -0.4 is 5.32 Å². The van der Waals surface area contributed by atoms with Crippen molar-refractivity contribution in [2.24, 2.45) is 0 Å². The minimum atomic E-state index is 1.10. The number of nitrogens with zero attached hydrogens (tertiary/aromatic N) is 1. The Kier molecular flexibility index (Phi) is 1.25. The van der Waals surface area contributed by atoms with Gasteiger partial charge >= 0.3 is 0 Å². The first-order chi connectivity index (χ1) is 3.30. The average molecular weight is 129 g/mol. The van der Waals surface area contributed by atoms with Gasteiger partial charge in [0.2, 0.25) is 0 Å². The van der Waals surface area contributed by atoms with Crippen molar-refractivity contribution in [2.45, 2.75) is 6.92 Å². The summed E-state index contributed by atoms with van der Waals surface area (Å²) in [5.41, 5.74) is 1.36. The number of hydrogen-bond donors (Lipinski definition) is 0. The van der Waals surface area contributed by atoms with Gasteiger partial charge in [-0.15, -0.1) is 0 Å². The van der Waals surface area contributed by atoms with Gasteiger partial charge < -0.3 is 0 Å². The minimum Gasteiger partial charge on any atom is -0.203 e. The van der Waals surface area contributed by atoms with Crippen molar-refractivity contribution in [3.8, 4) is 0 Å². The molecule has 0 amide bonds. The monoisotopic (exact) mass is 129 g/mol. The van der Waals surface area contributed by atoms with Gasteiger partial charge in [-0.1, -0.05) is 0 Å². The van der Waals surface area contributed by atoms with Crippen LogP contribution in [0.25, 0.3) is 0 Å². The Morgan fingerprint density at radius 2 is 2.57 bits per heavy atom. The van der Waals surface area contributed by atoms with E-state index in [0.717, 1.165) is 10.2 Å². The first kappa shape index (κ1) is 4.99. The fourth-order valence-electron chi connectivity index (χ4n) is 0.342. The van der Waals surface area contributed by atoms with Gasteiger partial charge in [-0.05, 0) is 24.0 Å². The summed E-state index contributed by atoms with van der Waals surface area (Å²) in [6, 6.07) is 0. The van der Waals surface area contributed by atoms with Crippen LogP contribution in [0, 0.1) is 6.92 Å². The molecular weight excluding hydrogens is 122 g/mol. The van der Waals surface area contributed by atoms with Crippen LogP contribution in [-0.2, 0) is 0 Å². The fourth-order valence-corrected chi connectivity index (χ4v) is 1.70. The van der Waals surface area contributed by atoms with E-state index in [0.29, 0.717) is 0 Å². The van der Waals surface area contributed by atoms with E-state index in [1.165, 1.54) is 10.9 Å². The molecule has 0 radical (unpaired) electrons. The van der Waals surface area contributed by atoms with Crippen molar-refractivity contribution in [3.05, 3.63) is 10.9 Å². The summed E-state index contributed by atoms with van der Waals surface area (Å²) < 4.78 is 4.12. The lowest BCUT2D eigenvalue weighted by Gasteiger charge is -1.77. The van der Waals surface area contributed by atoms with E-state index in [1.54, 1.807) is 11.5 Å². The highest BCUT2D eigenvalue weighted by Gasteiger charge is 1.88. The van der Waals surface area contributed by atoms with E-state index in [2.05, 4.69) is 16.7 Å². The lowest BCUT2D eigenvalue weighted by molar-refractivity contribution is 1.53. The third-order valence-corrected chi connectivity index (χ3v) is 3.16. The van der Waals surface area contributed by atoms with Crippen LogP contribution in [0.2, 0.25) is 0 Å². The first-order valence-corrected chi connectivity index (χ1v) is 4.02. The topological polar surface area (TPSA) is 12.9 Å². The van der Waals surface area contributed by atoms with Gasteiger partial charge in [0.1, 0.15) is 0 Å². The van der Waals surface area contributed by atoms with Crippen LogP contribution in [0.4, 0.5) is 0 Å². The number of aryl methyl sites for hydroxylation is 1. The number of rotatable bonds is 0. The third-order valence-electron chi connectivity index (χ3n) is 0.990. The maximum absolute atomic E-state index is 4.12. The second-order valence-electron chi connectivity index (χ2n) is 1.58. The molecule has 1 aromatic heterocycles. The second kappa shape index (κ2) is 1.75. The van der Waals surface area contributed by atoms with Crippen LogP contribution in [0.15, 0.2) is 5.38 Å². The van der Waals surface area contributed by atoms with Crippen molar-refractivity contribution in [1.82, 2.24) is 4.37 Å². The van der Waals surface area contributed by atoms with Crippen molar-refractivity contribution in [2.75, 3.05) is 0 Å². The van der Waals surface area contributed by atoms with E-state index >= 15 is 0 Å².